The molecular formula is C15H19F2N3. The molecule has 0 unspecified atom stereocenters. The quantitative estimate of drug-likeness (QED) is 0.932. The van der Waals surface area contributed by atoms with E-state index in [0.29, 0.717) is 16.9 Å². The van der Waals surface area contributed by atoms with Crippen LogP contribution in [0.1, 0.15) is 32.9 Å². The summed E-state index contributed by atoms with van der Waals surface area (Å²) in [6.45, 7) is 6.11. The fourth-order valence-corrected chi connectivity index (χ4v) is 2.16. The second-order valence-corrected chi connectivity index (χ2v) is 5.63. The van der Waals surface area contributed by atoms with Crippen LogP contribution in [0.2, 0.25) is 0 Å². The van der Waals surface area contributed by atoms with Gasteiger partial charge >= 0.3 is 0 Å². The normalized spacial score (nSPS) is 11.9. The van der Waals surface area contributed by atoms with Crippen molar-refractivity contribution in [2.24, 2.45) is 7.05 Å². The Morgan fingerprint density at radius 1 is 1.20 bits per heavy atom. The minimum absolute atomic E-state index is 0.229. The van der Waals surface area contributed by atoms with E-state index in [1.807, 2.05) is 20.8 Å². The van der Waals surface area contributed by atoms with Crippen LogP contribution in [0, 0.1) is 11.6 Å². The topological polar surface area (TPSA) is 43.8 Å². The minimum atomic E-state index is -0.622. The van der Waals surface area contributed by atoms with Crippen molar-refractivity contribution in [1.29, 1.82) is 0 Å². The highest BCUT2D eigenvalue weighted by molar-refractivity contribution is 5.77. The SMILES string of the molecule is CCC(C)(C)c1nn(C)c(N)c1-c1cc(F)cc(F)c1. The molecule has 0 fully saturated rings. The summed E-state index contributed by atoms with van der Waals surface area (Å²) in [5, 5.41) is 4.44. The van der Waals surface area contributed by atoms with Crippen LogP contribution in [0.15, 0.2) is 18.2 Å². The Balaban J connectivity index is 2.73. The van der Waals surface area contributed by atoms with E-state index >= 15 is 0 Å². The third-order valence-corrected chi connectivity index (χ3v) is 3.77. The molecule has 0 atom stereocenters. The van der Waals surface area contributed by atoms with Crippen LogP contribution in [-0.4, -0.2) is 9.78 Å². The van der Waals surface area contributed by atoms with Gasteiger partial charge in [-0.15, -0.1) is 0 Å². The molecule has 108 valence electrons. The Hall–Kier alpha value is -1.91. The zero-order chi connectivity index (χ0) is 15.1. The molecule has 2 aromatic rings. The van der Waals surface area contributed by atoms with Gasteiger partial charge in [0.15, 0.2) is 0 Å². The smallest absolute Gasteiger partial charge is 0.129 e. The van der Waals surface area contributed by atoms with E-state index in [0.717, 1.165) is 18.2 Å². The molecule has 1 aromatic heterocycles. The Bertz CT molecular complexity index is 625. The number of nitrogens with two attached hydrogens (primary N) is 1. The van der Waals surface area contributed by atoms with Crippen molar-refractivity contribution in [1.82, 2.24) is 9.78 Å². The number of nitrogen functional groups attached to an aromatic ring is 1. The van der Waals surface area contributed by atoms with E-state index < -0.39 is 11.6 Å². The summed E-state index contributed by atoms with van der Waals surface area (Å²) in [6.07, 6.45) is 0.842. The van der Waals surface area contributed by atoms with E-state index in [2.05, 4.69) is 5.10 Å². The number of nitrogens with zero attached hydrogens (tertiary/aromatic N) is 2. The van der Waals surface area contributed by atoms with Gasteiger partial charge in [0, 0.05) is 24.1 Å². The van der Waals surface area contributed by atoms with Gasteiger partial charge in [0.05, 0.1) is 5.69 Å². The second-order valence-electron chi connectivity index (χ2n) is 5.63. The Labute approximate surface area is 117 Å². The molecule has 20 heavy (non-hydrogen) atoms. The fourth-order valence-electron chi connectivity index (χ4n) is 2.16. The van der Waals surface area contributed by atoms with Crippen LogP contribution >= 0.6 is 0 Å². The summed E-state index contributed by atoms with van der Waals surface area (Å²) >= 11 is 0. The molecule has 0 aliphatic rings. The highest BCUT2D eigenvalue weighted by Gasteiger charge is 2.28. The average molecular weight is 279 g/mol. The number of aryl methyl sites for hydroxylation is 1. The molecule has 0 bridgehead atoms. The number of hydrogen-bond acceptors (Lipinski definition) is 2. The first-order valence-electron chi connectivity index (χ1n) is 6.55. The van der Waals surface area contributed by atoms with Gasteiger partial charge in [-0.2, -0.15) is 5.10 Å². The van der Waals surface area contributed by atoms with Gasteiger partial charge in [-0.1, -0.05) is 20.8 Å². The zero-order valence-electron chi connectivity index (χ0n) is 12.2. The van der Waals surface area contributed by atoms with E-state index in [4.69, 9.17) is 5.73 Å². The molecule has 1 aromatic carbocycles. The Morgan fingerprint density at radius 3 is 2.25 bits per heavy atom. The summed E-state index contributed by atoms with van der Waals surface area (Å²) in [6, 6.07) is 3.41. The first kappa shape index (κ1) is 14.5. The summed E-state index contributed by atoms with van der Waals surface area (Å²) in [4.78, 5) is 0. The molecule has 2 N–H and O–H groups in total. The predicted octanol–water partition coefficient (Wildman–Crippen LogP) is 3.64. The maximum Gasteiger partial charge on any atom is 0.129 e. The lowest BCUT2D eigenvalue weighted by Gasteiger charge is -2.22. The van der Waals surface area contributed by atoms with Gasteiger partial charge in [-0.25, -0.2) is 8.78 Å². The highest BCUT2D eigenvalue weighted by Crippen LogP contribution is 2.38. The molecule has 0 aliphatic carbocycles. The van der Waals surface area contributed by atoms with Crippen molar-refractivity contribution in [3.63, 3.8) is 0 Å². The number of benzene rings is 1. The summed E-state index contributed by atoms with van der Waals surface area (Å²) in [5.74, 6) is -0.835. The third kappa shape index (κ3) is 2.40. The number of halogens is 2. The van der Waals surface area contributed by atoms with Gasteiger partial charge in [-0.05, 0) is 24.1 Å². The molecule has 3 nitrogen and oxygen atoms in total. The molecule has 0 aliphatic heterocycles. The van der Waals surface area contributed by atoms with Gasteiger partial charge in [-0.3, -0.25) is 4.68 Å². The molecule has 1 heterocycles. The first-order chi connectivity index (χ1) is 9.26. The van der Waals surface area contributed by atoms with Crippen LogP contribution in [0.3, 0.4) is 0 Å². The largest absolute Gasteiger partial charge is 0.383 e. The standard InChI is InChI=1S/C15H19F2N3/c1-5-15(2,3)13-12(14(18)20(4)19-13)9-6-10(16)8-11(17)7-9/h6-8H,5,18H2,1-4H3. The van der Waals surface area contributed by atoms with E-state index in [1.54, 1.807) is 11.7 Å². The number of aromatic nitrogens is 2. The van der Waals surface area contributed by atoms with Crippen LogP contribution in [0.25, 0.3) is 11.1 Å². The lowest BCUT2D eigenvalue weighted by atomic mass is 9.83. The highest BCUT2D eigenvalue weighted by atomic mass is 19.1. The molecule has 2 rings (SSSR count). The Kier molecular flexibility index (Phi) is 3.54. The molecular weight excluding hydrogens is 260 g/mol. The molecule has 0 spiro atoms. The molecule has 0 saturated carbocycles. The minimum Gasteiger partial charge on any atom is -0.383 e. The second kappa shape index (κ2) is 4.89. The van der Waals surface area contributed by atoms with Gasteiger partial charge in [0.1, 0.15) is 17.5 Å². The number of anilines is 1. The molecule has 0 amide bonds. The lowest BCUT2D eigenvalue weighted by Crippen LogP contribution is -2.17. The molecule has 5 heteroatoms. The lowest BCUT2D eigenvalue weighted by molar-refractivity contribution is 0.483. The van der Waals surface area contributed by atoms with Crippen LogP contribution in [0.5, 0.6) is 0 Å². The van der Waals surface area contributed by atoms with Crippen LogP contribution < -0.4 is 5.73 Å². The number of rotatable bonds is 3. The van der Waals surface area contributed by atoms with Crippen molar-refractivity contribution in [2.75, 3.05) is 5.73 Å². The fraction of sp³-hybridized carbons (Fsp3) is 0.400. The monoisotopic (exact) mass is 279 g/mol. The zero-order valence-corrected chi connectivity index (χ0v) is 12.2. The summed E-state index contributed by atoms with van der Waals surface area (Å²) < 4.78 is 28.5. The van der Waals surface area contributed by atoms with Crippen molar-refractivity contribution in [3.8, 4) is 11.1 Å². The average Bonchev–Trinajstić information content (AvgIpc) is 2.65. The van der Waals surface area contributed by atoms with Crippen LogP contribution in [0.4, 0.5) is 14.6 Å². The van der Waals surface area contributed by atoms with E-state index in [9.17, 15) is 8.78 Å². The first-order valence-corrected chi connectivity index (χ1v) is 6.55. The predicted molar refractivity (Wildman–Crippen MR) is 76.3 cm³/mol. The molecule has 0 saturated heterocycles. The van der Waals surface area contributed by atoms with Gasteiger partial charge in [0.2, 0.25) is 0 Å². The summed E-state index contributed by atoms with van der Waals surface area (Å²) in [5.41, 5.74) is 7.60. The van der Waals surface area contributed by atoms with E-state index in [1.165, 1.54) is 12.1 Å². The Morgan fingerprint density at radius 2 is 1.75 bits per heavy atom. The van der Waals surface area contributed by atoms with Gasteiger partial charge < -0.3 is 5.73 Å². The van der Waals surface area contributed by atoms with Crippen LogP contribution in [-0.2, 0) is 12.5 Å². The number of hydrogen-bond donors (Lipinski definition) is 1. The van der Waals surface area contributed by atoms with Crippen molar-refractivity contribution >= 4 is 5.82 Å². The maximum atomic E-state index is 13.5. The van der Waals surface area contributed by atoms with Gasteiger partial charge in [0.25, 0.3) is 0 Å². The molecule has 0 radical (unpaired) electrons. The van der Waals surface area contributed by atoms with Crippen molar-refractivity contribution < 1.29 is 8.78 Å². The van der Waals surface area contributed by atoms with E-state index in [-0.39, 0.29) is 5.41 Å². The van der Waals surface area contributed by atoms with Crippen molar-refractivity contribution in [2.45, 2.75) is 32.6 Å². The maximum absolute atomic E-state index is 13.5. The van der Waals surface area contributed by atoms with Crippen molar-refractivity contribution in [3.05, 3.63) is 35.5 Å². The third-order valence-electron chi connectivity index (χ3n) is 3.77. The summed E-state index contributed by atoms with van der Waals surface area (Å²) in [7, 11) is 1.73.